The van der Waals surface area contributed by atoms with Crippen LogP contribution in [0.2, 0.25) is 0 Å². The van der Waals surface area contributed by atoms with Crippen LogP contribution in [0.4, 0.5) is 0 Å². The molecule has 0 heterocycles. The fourth-order valence-corrected chi connectivity index (χ4v) is 1.59. The Morgan fingerprint density at radius 1 is 1.07 bits per heavy atom. The lowest BCUT2D eigenvalue weighted by Crippen LogP contribution is -2.17. The fraction of sp³-hybridized carbons (Fsp3) is 0.923. The second kappa shape index (κ2) is 10.0. The molecule has 0 radical (unpaired) electrons. The summed E-state index contributed by atoms with van der Waals surface area (Å²) in [5, 5.41) is 0. The van der Waals surface area contributed by atoms with E-state index in [1.165, 1.54) is 25.7 Å². The van der Waals surface area contributed by atoms with Crippen molar-refractivity contribution in [2.24, 2.45) is 0 Å². The molecular weight excluding hydrogens is 188 g/mol. The van der Waals surface area contributed by atoms with E-state index in [1.54, 1.807) is 0 Å². The Morgan fingerprint density at radius 2 is 1.80 bits per heavy atom. The van der Waals surface area contributed by atoms with E-state index in [0.29, 0.717) is 6.42 Å². The lowest BCUT2D eigenvalue weighted by atomic mass is 10.1. The standard InChI is InChI=1S/C13H26O2/c1-4-7-8-9-11-12(6-3)15-13(14)10-5-2/h12H,4-11H2,1-3H3. The van der Waals surface area contributed by atoms with Gasteiger partial charge in [-0.3, -0.25) is 4.79 Å². The minimum atomic E-state index is -0.0279. The molecule has 0 aliphatic rings. The number of carbonyl (C=O) groups is 1. The maximum atomic E-state index is 11.3. The Labute approximate surface area is 94.4 Å². The van der Waals surface area contributed by atoms with Gasteiger partial charge < -0.3 is 4.74 Å². The van der Waals surface area contributed by atoms with E-state index >= 15 is 0 Å². The molecule has 0 saturated carbocycles. The van der Waals surface area contributed by atoms with Crippen LogP contribution >= 0.6 is 0 Å². The molecule has 1 unspecified atom stereocenters. The Balaban J connectivity index is 3.58. The first-order chi connectivity index (χ1) is 7.24. The molecule has 0 fully saturated rings. The number of ether oxygens (including phenoxy) is 1. The van der Waals surface area contributed by atoms with Crippen LogP contribution < -0.4 is 0 Å². The van der Waals surface area contributed by atoms with Crippen LogP contribution in [-0.2, 0) is 9.53 Å². The molecule has 0 bridgehead atoms. The second-order valence-corrected chi connectivity index (χ2v) is 4.12. The van der Waals surface area contributed by atoms with Gasteiger partial charge in [0.15, 0.2) is 0 Å². The van der Waals surface area contributed by atoms with Crippen LogP contribution in [0.25, 0.3) is 0 Å². The smallest absolute Gasteiger partial charge is 0.306 e. The highest BCUT2D eigenvalue weighted by Gasteiger charge is 2.10. The summed E-state index contributed by atoms with van der Waals surface area (Å²) in [7, 11) is 0. The van der Waals surface area contributed by atoms with Crippen LogP contribution in [0.3, 0.4) is 0 Å². The van der Waals surface area contributed by atoms with Crippen LogP contribution in [0.1, 0.15) is 72.1 Å². The topological polar surface area (TPSA) is 26.3 Å². The van der Waals surface area contributed by atoms with Crippen LogP contribution in [0, 0.1) is 0 Å². The zero-order valence-corrected chi connectivity index (χ0v) is 10.6. The Hall–Kier alpha value is -0.530. The molecule has 0 spiro atoms. The third kappa shape index (κ3) is 8.46. The maximum absolute atomic E-state index is 11.3. The van der Waals surface area contributed by atoms with Gasteiger partial charge in [0.25, 0.3) is 0 Å². The summed E-state index contributed by atoms with van der Waals surface area (Å²) >= 11 is 0. The molecule has 0 rings (SSSR count). The molecule has 0 amide bonds. The van der Waals surface area contributed by atoms with E-state index in [-0.39, 0.29) is 12.1 Å². The first-order valence-electron chi connectivity index (χ1n) is 6.44. The number of esters is 1. The average molecular weight is 214 g/mol. The Morgan fingerprint density at radius 3 is 2.33 bits per heavy atom. The first-order valence-corrected chi connectivity index (χ1v) is 6.44. The van der Waals surface area contributed by atoms with Crippen molar-refractivity contribution >= 4 is 5.97 Å². The van der Waals surface area contributed by atoms with Gasteiger partial charge in [-0.15, -0.1) is 0 Å². The van der Waals surface area contributed by atoms with Crippen molar-refractivity contribution in [3.63, 3.8) is 0 Å². The fourth-order valence-electron chi connectivity index (χ4n) is 1.59. The maximum Gasteiger partial charge on any atom is 0.306 e. The second-order valence-electron chi connectivity index (χ2n) is 4.12. The van der Waals surface area contributed by atoms with Crippen LogP contribution in [0.15, 0.2) is 0 Å². The first kappa shape index (κ1) is 14.5. The molecule has 0 aromatic heterocycles. The third-order valence-corrected chi connectivity index (χ3v) is 2.59. The highest BCUT2D eigenvalue weighted by molar-refractivity contribution is 5.69. The van der Waals surface area contributed by atoms with Crippen molar-refractivity contribution in [2.75, 3.05) is 0 Å². The normalized spacial score (nSPS) is 12.5. The van der Waals surface area contributed by atoms with Gasteiger partial charge in [-0.25, -0.2) is 0 Å². The molecule has 0 aliphatic heterocycles. The van der Waals surface area contributed by atoms with Gasteiger partial charge in [-0.2, -0.15) is 0 Å². The predicted molar refractivity (Wildman–Crippen MR) is 63.8 cm³/mol. The van der Waals surface area contributed by atoms with Crippen molar-refractivity contribution in [1.82, 2.24) is 0 Å². The molecule has 15 heavy (non-hydrogen) atoms. The number of rotatable bonds is 9. The van der Waals surface area contributed by atoms with Crippen LogP contribution in [0.5, 0.6) is 0 Å². The molecule has 0 aromatic carbocycles. The molecule has 0 saturated heterocycles. The molecule has 0 aliphatic carbocycles. The summed E-state index contributed by atoms with van der Waals surface area (Å²) in [6, 6.07) is 0. The summed E-state index contributed by atoms with van der Waals surface area (Å²) in [5.41, 5.74) is 0. The zero-order chi connectivity index (χ0) is 11.5. The minimum Gasteiger partial charge on any atom is -0.462 e. The van der Waals surface area contributed by atoms with Gasteiger partial charge in [-0.05, 0) is 25.7 Å². The summed E-state index contributed by atoms with van der Waals surface area (Å²) < 4.78 is 5.38. The Bertz CT molecular complexity index is 155. The summed E-state index contributed by atoms with van der Waals surface area (Å²) in [5.74, 6) is -0.0279. The van der Waals surface area contributed by atoms with Gasteiger partial charge in [0, 0.05) is 6.42 Å². The van der Waals surface area contributed by atoms with E-state index in [9.17, 15) is 4.79 Å². The number of carbonyl (C=O) groups excluding carboxylic acids is 1. The monoisotopic (exact) mass is 214 g/mol. The van der Waals surface area contributed by atoms with E-state index < -0.39 is 0 Å². The molecule has 0 N–H and O–H groups in total. The minimum absolute atomic E-state index is 0.0279. The molecular formula is C13H26O2. The highest BCUT2D eigenvalue weighted by atomic mass is 16.5. The molecule has 2 heteroatoms. The van der Waals surface area contributed by atoms with Gasteiger partial charge in [0.2, 0.25) is 0 Å². The number of hydrogen-bond donors (Lipinski definition) is 0. The van der Waals surface area contributed by atoms with E-state index in [0.717, 1.165) is 19.3 Å². The molecule has 90 valence electrons. The van der Waals surface area contributed by atoms with Crippen molar-refractivity contribution < 1.29 is 9.53 Å². The Kier molecular flexibility index (Phi) is 9.65. The van der Waals surface area contributed by atoms with Crippen molar-refractivity contribution in [2.45, 2.75) is 78.2 Å². The van der Waals surface area contributed by atoms with Gasteiger partial charge in [-0.1, -0.05) is 40.0 Å². The summed E-state index contributed by atoms with van der Waals surface area (Å²) in [6.07, 6.45) is 8.57. The summed E-state index contributed by atoms with van der Waals surface area (Å²) in [6.45, 7) is 6.30. The highest BCUT2D eigenvalue weighted by Crippen LogP contribution is 2.12. The lowest BCUT2D eigenvalue weighted by molar-refractivity contribution is -0.149. The van der Waals surface area contributed by atoms with E-state index in [4.69, 9.17) is 4.74 Å². The molecule has 2 nitrogen and oxygen atoms in total. The van der Waals surface area contributed by atoms with Crippen molar-refractivity contribution in [3.8, 4) is 0 Å². The third-order valence-electron chi connectivity index (χ3n) is 2.59. The SMILES string of the molecule is CCCCCCC(CC)OC(=O)CCC. The van der Waals surface area contributed by atoms with Crippen LogP contribution in [-0.4, -0.2) is 12.1 Å². The van der Waals surface area contributed by atoms with Gasteiger partial charge in [0.1, 0.15) is 6.10 Å². The molecule has 0 aromatic rings. The van der Waals surface area contributed by atoms with Crippen molar-refractivity contribution in [1.29, 1.82) is 0 Å². The largest absolute Gasteiger partial charge is 0.462 e. The van der Waals surface area contributed by atoms with Crippen molar-refractivity contribution in [3.05, 3.63) is 0 Å². The number of hydrogen-bond acceptors (Lipinski definition) is 2. The average Bonchev–Trinajstić information content (AvgIpc) is 2.23. The van der Waals surface area contributed by atoms with Gasteiger partial charge in [0.05, 0.1) is 0 Å². The zero-order valence-electron chi connectivity index (χ0n) is 10.6. The summed E-state index contributed by atoms with van der Waals surface area (Å²) in [4.78, 5) is 11.3. The molecule has 1 atom stereocenters. The predicted octanol–water partition coefficient (Wildman–Crippen LogP) is 4.08. The lowest BCUT2D eigenvalue weighted by Gasteiger charge is -2.15. The van der Waals surface area contributed by atoms with Gasteiger partial charge >= 0.3 is 5.97 Å². The number of unbranched alkanes of at least 4 members (excludes halogenated alkanes) is 3. The quantitative estimate of drug-likeness (QED) is 0.427. The van der Waals surface area contributed by atoms with E-state index in [2.05, 4.69) is 13.8 Å². The van der Waals surface area contributed by atoms with E-state index in [1.807, 2.05) is 6.92 Å².